The quantitative estimate of drug-likeness (QED) is 0.817. The Bertz CT molecular complexity index is 841. The van der Waals surface area contributed by atoms with E-state index in [4.69, 9.17) is 14.3 Å². The second-order valence-electron chi connectivity index (χ2n) is 7.42. The van der Waals surface area contributed by atoms with Gasteiger partial charge in [-0.25, -0.2) is 5.01 Å². The highest BCUT2D eigenvalue weighted by atomic mass is 79.9. The molecule has 1 atom stereocenters. The molecule has 0 amide bonds. The van der Waals surface area contributed by atoms with E-state index >= 15 is 0 Å². The van der Waals surface area contributed by atoms with E-state index in [1.165, 1.54) is 12.1 Å². The Morgan fingerprint density at radius 3 is 2.88 bits per heavy atom. The molecule has 0 radical (unpaired) electrons. The number of nitrogens with zero attached hydrogens (tertiary/aromatic N) is 2. The van der Waals surface area contributed by atoms with Gasteiger partial charge in [-0.2, -0.15) is 5.10 Å². The lowest BCUT2D eigenvalue weighted by atomic mass is 9.91. The van der Waals surface area contributed by atoms with Crippen molar-refractivity contribution in [1.29, 1.82) is 0 Å². The van der Waals surface area contributed by atoms with E-state index in [0.29, 0.717) is 0 Å². The predicted molar refractivity (Wildman–Crippen MR) is 102 cm³/mol. The molecule has 1 N–H and O–H groups in total. The number of rotatable bonds is 2. The number of piperidine rings is 1. The predicted octanol–water partition coefficient (Wildman–Crippen LogP) is 2.98. The third kappa shape index (κ3) is 2.50. The summed E-state index contributed by atoms with van der Waals surface area (Å²) < 4.78 is 13.4. The highest BCUT2D eigenvalue weighted by molar-refractivity contribution is 9.10. The van der Waals surface area contributed by atoms with Crippen LogP contribution in [0.5, 0.6) is 5.75 Å². The minimum atomic E-state index is -0.335. The first kappa shape index (κ1) is 16.4. The number of halogens is 1. The summed E-state index contributed by atoms with van der Waals surface area (Å²) in [6.07, 6.45) is 4.57. The van der Waals surface area contributed by atoms with Crippen molar-refractivity contribution in [2.75, 3.05) is 19.6 Å². The van der Waals surface area contributed by atoms with Gasteiger partial charge < -0.3 is 14.1 Å². The molecule has 1 spiro atoms. The maximum Gasteiger partial charge on any atom is 0.208 e. The molecule has 0 saturated carbocycles. The molecule has 1 fully saturated rings. The van der Waals surface area contributed by atoms with E-state index in [9.17, 15) is 0 Å². The molecular formula is C20H23BrN3O2+. The van der Waals surface area contributed by atoms with Gasteiger partial charge in [0.1, 0.15) is 17.2 Å². The van der Waals surface area contributed by atoms with Crippen LogP contribution < -0.4 is 9.64 Å². The van der Waals surface area contributed by atoms with Crippen LogP contribution in [-0.4, -0.2) is 36.1 Å². The Kier molecular flexibility index (Phi) is 3.87. The Morgan fingerprint density at radius 2 is 2.15 bits per heavy atom. The van der Waals surface area contributed by atoms with Crippen LogP contribution in [-0.2, 0) is 0 Å². The molecule has 2 aromatic rings. The summed E-state index contributed by atoms with van der Waals surface area (Å²) in [7, 11) is 0. The second-order valence-corrected chi connectivity index (χ2v) is 8.34. The smallest absolute Gasteiger partial charge is 0.208 e. The van der Waals surface area contributed by atoms with E-state index in [0.717, 1.165) is 54.0 Å². The number of fused-ring (bicyclic) bond motifs is 4. The summed E-state index contributed by atoms with van der Waals surface area (Å²) in [4.78, 5) is 1.65. The maximum atomic E-state index is 6.64. The molecule has 1 saturated heterocycles. The largest absolute Gasteiger partial charge is 0.466 e. The van der Waals surface area contributed by atoms with Crippen molar-refractivity contribution >= 4 is 21.6 Å². The zero-order valence-corrected chi connectivity index (χ0v) is 16.5. The van der Waals surface area contributed by atoms with Crippen LogP contribution >= 0.6 is 15.9 Å². The molecule has 136 valence electrons. The molecule has 1 aromatic carbocycles. The third-order valence-electron chi connectivity index (χ3n) is 6.00. The van der Waals surface area contributed by atoms with E-state index < -0.39 is 0 Å². The van der Waals surface area contributed by atoms with Crippen molar-refractivity contribution in [1.82, 2.24) is 5.01 Å². The number of hydrogen-bond donors (Lipinski definition) is 1. The summed E-state index contributed by atoms with van der Waals surface area (Å²) in [6.45, 7) is 5.67. The number of hydrogen-bond acceptors (Lipinski definition) is 4. The van der Waals surface area contributed by atoms with Gasteiger partial charge in [0.2, 0.25) is 5.72 Å². The molecule has 5 nitrogen and oxygen atoms in total. The Labute approximate surface area is 161 Å². The number of hydrazone groups is 1. The molecule has 5 rings (SSSR count). The van der Waals surface area contributed by atoms with Gasteiger partial charge in [0.25, 0.3) is 0 Å². The zero-order valence-electron chi connectivity index (χ0n) is 14.9. The molecule has 26 heavy (non-hydrogen) atoms. The normalized spacial score (nSPS) is 29.9. The molecule has 6 heteroatoms. The number of quaternary nitrogens is 1. The minimum absolute atomic E-state index is 0.208. The van der Waals surface area contributed by atoms with Crippen molar-refractivity contribution in [3.8, 4) is 5.75 Å². The topological polar surface area (TPSA) is 42.4 Å². The summed E-state index contributed by atoms with van der Waals surface area (Å²) in [5.41, 5.74) is 1.89. The second kappa shape index (κ2) is 6.13. The Hall–Kier alpha value is -1.79. The molecule has 4 heterocycles. The van der Waals surface area contributed by atoms with Gasteiger partial charge in [-0.3, -0.25) is 0 Å². The first-order valence-electron chi connectivity index (χ1n) is 9.41. The van der Waals surface area contributed by atoms with Crippen LogP contribution in [0.4, 0.5) is 0 Å². The van der Waals surface area contributed by atoms with E-state index in [-0.39, 0.29) is 11.8 Å². The SMILES string of the molecule is CC[NH+]1CCC2(CC1)Oc1ccc(Br)cc1[C@@H]1CC(c3ccco3)=NN12. The summed E-state index contributed by atoms with van der Waals surface area (Å²) >= 11 is 3.61. The molecule has 3 aliphatic rings. The fraction of sp³-hybridized carbons (Fsp3) is 0.450. The van der Waals surface area contributed by atoms with Crippen LogP contribution in [0, 0.1) is 0 Å². The highest BCUT2D eigenvalue weighted by Crippen LogP contribution is 2.49. The zero-order chi connectivity index (χ0) is 17.7. The van der Waals surface area contributed by atoms with Crippen molar-refractivity contribution in [2.45, 2.75) is 38.0 Å². The third-order valence-corrected chi connectivity index (χ3v) is 6.50. The molecule has 0 bridgehead atoms. The summed E-state index contributed by atoms with van der Waals surface area (Å²) in [6, 6.07) is 10.5. The lowest BCUT2D eigenvalue weighted by Crippen LogP contribution is -3.13. The summed E-state index contributed by atoms with van der Waals surface area (Å²) in [5, 5.41) is 7.26. The highest BCUT2D eigenvalue weighted by Gasteiger charge is 2.53. The lowest BCUT2D eigenvalue weighted by molar-refractivity contribution is -0.906. The van der Waals surface area contributed by atoms with Gasteiger partial charge >= 0.3 is 0 Å². The summed E-state index contributed by atoms with van der Waals surface area (Å²) in [5.74, 6) is 1.87. The molecular weight excluding hydrogens is 394 g/mol. The van der Waals surface area contributed by atoms with E-state index in [1.54, 1.807) is 11.2 Å². The number of ether oxygens (including phenoxy) is 1. The van der Waals surface area contributed by atoms with Gasteiger partial charge in [-0.1, -0.05) is 15.9 Å². The lowest BCUT2D eigenvalue weighted by Gasteiger charge is -2.50. The molecule has 0 aliphatic carbocycles. The molecule has 1 aromatic heterocycles. The minimum Gasteiger partial charge on any atom is -0.466 e. The first-order valence-corrected chi connectivity index (χ1v) is 10.2. The van der Waals surface area contributed by atoms with Crippen LogP contribution in [0.2, 0.25) is 0 Å². The molecule has 0 unspecified atom stereocenters. The maximum absolute atomic E-state index is 6.64. The fourth-order valence-corrected chi connectivity index (χ4v) is 4.90. The number of likely N-dealkylation sites (tertiary alicyclic amines) is 1. The number of nitrogens with one attached hydrogen (secondary N) is 1. The van der Waals surface area contributed by atoms with Gasteiger partial charge in [0.15, 0.2) is 0 Å². The van der Waals surface area contributed by atoms with Crippen LogP contribution in [0.15, 0.2) is 50.6 Å². The van der Waals surface area contributed by atoms with Crippen molar-refractivity contribution in [2.24, 2.45) is 5.10 Å². The van der Waals surface area contributed by atoms with Gasteiger partial charge in [-0.15, -0.1) is 0 Å². The number of furan rings is 1. The first-order chi connectivity index (χ1) is 12.7. The fourth-order valence-electron chi connectivity index (χ4n) is 4.52. The van der Waals surface area contributed by atoms with Gasteiger partial charge in [0, 0.05) is 16.5 Å². The van der Waals surface area contributed by atoms with Crippen molar-refractivity contribution < 1.29 is 14.1 Å². The van der Waals surface area contributed by atoms with Gasteiger partial charge in [0.05, 0.1) is 44.8 Å². The Morgan fingerprint density at radius 1 is 1.31 bits per heavy atom. The Balaban J connectivity index is 1.57. The van der Waals surface area contributed by atoms with E-state index in [1.807, 2.05) is 12.1 Å². The molecule has 3 aliphatic heterocycles. The average Bonchev–Trinajstić information content (AvgIpc) is 3.33. The van der Waals surface area contributed by atoms with Gasteiger partial charge in [-0.05, 0) is 37.3 Å². The van der Waals surface area contributed by atoms with Crippen LogP contribution in [0.3, 0.4) is 0 Å². The van der Waals surface area contributed by atoms with Crippen LogP contribution in [0.25, 0.3) is 0 Å². The average molecular weight is 417 g/mol. The van der Waals surface area contributed by atoms with Crippen molar-refractivity contribution in [3.63, 3.8) is 0 Å². The standard InChI is InChI=1S/C20H22BrN3O2/c1-2-23-9-7-20(8-10-23)24-17(13-16(22-24)19-4-3-11-25-19)15-12-14(21)5-6-18(15)26-20/h3-6,11-12,17H,2,7-10,13H2,1H3/p+1/t17-/m0/s1. The number of benzene rings is 1. The van der Waals surface area contributed by atoms with Crippen LogP contribution in [0.1, 0.15) is 43.6 Å². The van der Waals surface area contributed by atoms with E-state index in [2.05, 4.69) is 46.1 Å². The monoisotopic (exact) mass is 416 g/mol. The van der Waals surface area contributed by atoms with Crippen molar-refractivity contribution in [3.05, 3.63) is 52.4 Å².